The molecule has 1 aromatic carbocycles. The fourth-order valence-corrected chi connectivity index (χ4v) is 2.16. The molecule has 0 saturated carbocycles. The fraction of sp³-hybridized carbons (Fsp3) is 0.385. The molecule has 0 atom stereocenters. The van der Waals surface area contributed by atoms with Crippen molar-refractivity contribution < 1.29 is 5.11 Å². The summed E-state index contributed by atoms with van der Waals surface area (Å²) in [5.74, 6) is 2.59. The molecule has 2 rings (SSSR count). The zero-order valence-electron chi connectivity index (χ0n) is 8.16. The second-order valence-corrected chi connectivity index (χ2v) is 4.05. The molecule has 1 aromatic rings. The molecular formula is C13H14O. The van der Waals surface area contributed by atoms with E-state index in [1.807, 2.05) is 12.1 Å². The molecule has 0 aromatic heterocycles. The van der Waals surface area contributed by atoms with E-state index in [0.717, 1.165) is 12.8 Å². The summed E-state index contributed by atoms with van der Waals surface area (Å²) in [5.41, 5.74) is 1.95. The van der Waals surface area contributed by atoms with Crippen LogP contribution in [0.1, 0.15) is 24.0 Å². The van der Waals surface area contributed by atoms with Gasteiger partial charge in [-0.3, -0.25) is 0 Å². The smallest absolute Gasteiger partial charge is 0.0737 e. The summed E-state index contributed by atoms with van der Waals surface area (Å²) < 4.78 is 0. The Balaban J connectivity index is 2.14. The molecule has 1 N–H and O–H groups in total. The molecule has 0 heterocycles. The molecule has 0 bridgehead atoms. The summed E-state index contributed by atoms with van der Waals surface area (Å²) in [5, 5.41) is 10.2. The van der Waals surface area contributed by atoms with Crippen LogP contribution in [0.3, 0.4) is 0 Å². The van der Waals surface area contributed by atoms with E-state index in [4.69, 9.17) is 6.42 Å². The van der Waals surface area contributed by atoms with Crippen LogP contribution in [-0.4, -0.2) is 10.7 Å². The van der Waals surface area contributed by atoms with E-state index < -0.39 is 5.60 Å². The van der Waals surface area contributed by atoms with Crippen LogP contribution in [-0.2, 0) is 12.8 Å². The van der Waals surface area contributed by atoms with Gasteiger partial charge in [-0.2, -0.15) is 0 Å². The van der Waals surface area contributed by atoms with Crippen LogP contribution in [0.15, 0.2) is 24.3 Å². The summed E-state index contributed by atoms with van der Waals surface area (Å²) in [6.45, 7) is 0. The molecule has 0 aliphatic heterocycles. The third-order valence-electron chi connectivity index (χ3n) is 2.89. The topological polar surface area (TPSA) is 20.2 Å². The fourth-order valence-electron chi connectivity index (χ4n) is 2.16. The highest BCUT2D eigenvalue weighted by Crippen LogP contribution is 2.32. The predicted molar refractivity (Wildman–Crippen MR) is 56.9 cm³/mol. The number of aliphatic hydroxyl groups is 1. The van der Waals surface area contributed by atoms with E-state index in [9.17, 15) is 5.11 Å². The van der Waals surface area contributed by atoms with Gasteiger partial charge < -0.3 is 5.11 Å². The maximum absolute atomic E-state index is 10.2. The van der Waals surface area contributed by atoms with Crippen LogP contribution in [0, 0.1) is 12.3 Å². The van der Waals surface area contributed by atoms with E-state index in [1.165, 1.54) is 11.1 Å². The van der Waals surface area contributed by atoms with Crippen molar-refractivity contribution in [3.05, 3.63) is 35.4 Å². The molecule has 0 amide bonds. The van der Waals surface area contributed by atoms with Gasteiger partial charge in [0.1, 0.15) is 0 Å². The molecule has 14 heavy (non-hydrogen) atoms. The van der Waals surface area contributed by atoms with Crippen molar-refractivity contribution in [3.8, 4) is 12.3 Å². The van der Waals surface area contributed by atoms with E-state index in [-0.39, 0.29) is 0 Å². The Bertz CT molecular complexity index is 348. The molecule has 1 heteroatoms. The number of fused-ring (bicyclic) bond motifs is 1. The maximum atomic E-state index is 10.2. The summed E-state index contributed by atoms with van der Waals surface area (Å²) in [6, 6.07) is 8.21. The van der Waals surface area contributed by atoms with Crippen molar-refractivity contribution in [1.82, 2.24) is 0 Å². The van der Waals surface area contributed by atoms with E-state index in [0.29, 0.717) is 12.8 Å². The minimum Gasteiger partial charge on any atom is -0.389 e. The molecule has 1 aliphatic carbocycles. The van der Waals surface area contributed by atoms with Crippen molar-refractivity contribution in [2.24, 2.45) is 0 Å². The summed E-state index contributed by atoms with van der Waals surface area (Å²) >= 11 is 0. The van der Waals surface area contributed by atoms with Gasteiger partial charge in [0.05, 0.1) is 5.60 Å². The number of benzene rings is 1. The first-order valence-electron chi connectivity index (χ1n) is 4.96. The van der Waals surface area contributed by atoms with E-state index >= 15 is 0 Å². The Morgan fingerprint density at radius 3 is 2.36 bits per heavy atom. The molecule has 0 spiro atoms. The Kier molecular flexibility index (Phi) is 2.31. The lowest BCUT2D eigenvalue weighted by Crippen LogP contribution is -2.28. The molecule has 72 valence electrons. The Hall–Kier alpha value is -1.26. The van der Waals surface area contributed by atoms with Crippen LogP contribution in [0.5, 0.6) is 0 Å². The van der Waals surface area contributed by atoms with Crippen LogP contribution in [0.25, 0.3) is 0 Å². The lowest BCUT2D eigenvalue weighted by Gasteiger charge is -2.20. The lowest BCUT2D eigenvalue weighted by molar-refractivity contribution is 0.0439. The number of hydrogen-bond acceptors (Lipinski definition) is 1. The van der Waals surface area contributed by atoms with Gasteiger partial charge in [0.15, 0.2) is 0 Å². The van der Waals surface area contributed by atoms with Gasteiger partial charge >= 0.3 is 0 Å². The normalized spacial score (nSPS) is 17.4. The summed E-state index contributed by atoms with van der Waals surface area (Å²) in [4.78, 5) is 0. The number of terminal acetylenes is 1. The van der Waals surface area contributed by atoms with Crippen LogP contribution >= 0.6 is 0 Å². The molecule has 0 radical (unpaired) electrons. The highest BCUT2D eigenvalue weighted by atomic mass is 16.3. The Labute approximate surface area is 84.8 Å². The van der Waals surface area contributed by atoms with E-state index in [1.54, 1.807) is 0 Å². The van der Waals surface area contributed by atoms with Crippen molar-refractivity contribution in [2.75, 3.05) is 0 Å². The second-order valence-electron chi connectivity index (χ2n) is 4.05. The Morgan fingerprint density at radius 1 is 1.29 bits per heavy atom. The third-order valence-corrected chi connectivity index (χ3v) is 2.89. The first-order chi connectivity index (χ1) is 6.73. The van der Waals surface area contributed by atoms with Crippen molar-refractivity contribution in [2.45, 2.75) is 31.3 Å². The van der Waals surface area contributed by atoms with Gasteiger partial charge in [0.2, 0.25) is 0 Å². The average Bonchev–Trinajstić information content (AvgIpc) is 2.51. The molecule has 1 nitrogen and oxygen atoms in total. The largest absolute Gasteiger partial charge is 0.389 e. The van der Waals surface area contributed by atoms with Crippen LogP contribution in [0.2, 0.25) is 0 Å². The standard InChI is InChI=1S/C13H14O/c1-2-3-8-13(14)9-11-6-4-5-7-12(11)10-13/h1,4-7,14H,3,8-10H2. The SMILES string of the molecule is C#CCCC1(O)Cc2ccccc2C1. The second kappa shape index (κ2) is 3.48. The predicted octanol–water partition coefficient (Wildman–Crippen LogP) is 1.93. The lowest BCUT2D eigenvalue weighted by atomic mass is 9.94. The van der Waals surface area contributed by atoms with Gasteiger partial charge in [-0.05, 0) is 17.5 Å². The quantitative estimate of drug-likeness (QED) is 0.700. The van der Waals surface area contributed by atoms with Gasteiger partial charge in [-0.25, -0.2) is 0 Å². The third kappa shape index (κ3) is 1.66. The first-order valence-corrected chi connectivity index (χ1v) is 4.96. The molecule has 1 aliphatic rings. The van der Waals surface area contributed by atoms with Crippen molar-refractivity contribution in [3.63, 3.8) is 0 Å². The molecule has 0 unspecified atom stereocenters. The van der Waals surface area contributed by atoms with Gasteiger partial charge in [0.25, 0.3) is 0 Å². The Morgan fingerprint density at radius 2 is 1.86 bits per heavy atom. The van der Waals surface area contributed by atoms with E-state index in [2.05, 4.69) is 18.1 Å². The van der Waals surface area contributed by atoms with Gasteiger partial charge in [0, 0.05) is 19.3 Å². The maximum Gasteiger partial charge on any atom is 0.0737 e. The zero-order valence-corrected chi connectivity index (χ0v) is 8.16. The minimum absolute atomic E-state index is 0.587. The van der Waals surface area contributed by atoms with Crippen LogP contribution < -0.4 is 0 Å². The van der Waals surface area contributed by atoms with Crippen LogP contribution in [0.4, 0.5) is 0 Å². The van der Waals surface area contributed by atoms with Crippen molar-refractivity contribution >= 4 is 0 Å². The number of rotatable bonds is 2. The van der Waals surface area contributed by atoms with Crippen molar-refractivity contribution in [1.29, 1.82) is 0 Å². The van der Waals surface area contributed by atoms with Gasteiger partial charge in [-0.15, -0.1) is 12.3 Å². The average molecular weight is 186 g/mol. The molecular weight excluding hydrogens is 172 g/mol. The molecule has 0 fully saturated rings. The number of hydrogen-bond donors (Lipinski definition) is 1. The summed E-state index contributed by atoms with van der Waals surface area (Å²) in [6.07, 6.45) is 8.08. The monoisotopic (exact) mass is 186 g/mol. The first kappa shape index (κ1) is 9.30. The van der Waals surface area contributed by atoms with Gasteiger partial charge in [-0.1, -0.05) is 24.3 Å². The molecule has 0 saturated heterocycles. The highest BCUT2D eigenvalue weighted by Gasteiger charge is 2.33. The summed E-state index contributed by atoms with van der Waals surface area (Å²) in [7, 11) is 0. The highest BCUT2D eigenvalue weighted by molar-refractivity contribution is 5.35. The minimum atomic E-state index is -0.587. The zero-order chi connectivity index (χ0) is 10.0.